The largest absolute Gasteiger partial charge is 0.493 e. The van der Waals surface area contributed by atoms with Gasteiger partial charge < -0.3 is 9.15 Å². The Morgan fingerprint density at radius 2 is 1.36 bits per heavy atom. The van der Waals surface area contributed by atoms with Crippen LogP contribution in [0.2, 0.25) is 0 Å². The number of rotatable bonds is 4. The highest BCUT2D eigenvalue weighted by atomic mass is 16.5. The Bertz CT molecular complexity index is 1040. The summed E-state index contributed by atoms with van der Waals surface area (Å²) in [4.78, 5) is 0. The highest BCUT2D eigenvalue weighted by Crippen LogP contribution is 2.50. The topological polar surface area (TPSA) is 22.4 Å². The van der Waals surface area contributed by atoms with Gasteiger partial charge in [-0.3, -0.25) is 0 Å². The SMILES string of the molecule is CCOc1cc(C(C)(C)C)oc2c(-c3ccccc3)cc(-c3ccccc3)c1-2. The number of hydrogen-bond acceptors (Lipinski definition) is 2. The van der Waals surface area contributed by atoms with Crippen molar-refractivity contribution >= 4 is 0 Å². The third-order valence-corrected chi connectivity index (χ3v) is 4.96. The van der Waals surface area contributed by atoms with E-state index in [4.69, 9.17) is 9.15 Å². The molecule has 2 aliphatic rings. The van der Waals surface area contributed by atoms with Gasteiger partial charge in [0.2, 0.25) is 0 Å². The molecular weight excluding hydrogens is 344 g/mol. The average molecular weight is 370 g/mol. The molecule has 2 aromatic rings. The van der Waals surface area contributed by atoms with Gasteiger partial charge in [-0.05, 0) is 29.7 Å². The second kappa shape index (κ2) is 7.20. The predicted octanol–water partition coefficient (Wildman–Crippen LogP) is 7.41. The van der Waals surface area contributed by atoms with E-state index in [1.165, 1.54) is 0 Å². The maximum absolute atomic E-state index is 6.52. The van der Waals surface area contributed by atoms with Crippen LogP contribution >= 0.6 is 0 Å². The zero-order valence-electron chi connectivity index (χ0n) is 17.0. The Morgan fingerprint density at radius 1 is 0.786 bits per heavy atom. The van der Waals surface area contributed by atoms with Crippen LogP contribution in [0, 0.1) is 0 Å². The van der Waals surface area contributed by atoms with E-state index in [0.717, 1.165) is 45.1 Å². The Morgan fingerprint density at radius 3 is 1.89 bits per heavy atom. The van der Waals surface area contributed by atoms with Crippen molar-refractivity contribution < 1.29 is 9.15 Å². The molecule has 0 amide bonds. The molecule has 28 heavy (non-hydrogen) atoms. The summed E-state index contributed by atoms with van der Waals surface area (Å²) in [6, 6.07) is 25.2. The molecule has 1 heterocycles. The summed E-state index contributed by atoms with van der Waals surface area (Å²) < 4.78 is 12.6. The van der Waals surface area contributed by atoms with Crippen LogP contribution in [0.3, 0.4) is 0 Å². The van der Waals surface area contributed by atoms with Gasteiger partial charge in [-0.15, -0.1) is 0 Å². The molecule has 0 bridgehead atoms. The zero-order valence-corrected chi connectivity index (χ0v) is 17.0. The minimum absolute atomic E-state index is 0.113. The van der Waals surface area contributed by atoms with Crippen molar-refractivity contribution in [2.75, 3.05) is 6.61 Å². The lowest BCUT2D eigenvalue weighted by molar-refractivity contribution is 0.329. The normalized spacial score (nSPS) is 11.7. The van der Waals surface area contributed by atoms with E-state index in [1.54, 1.807) is 0 Å². The summed E-state index contributed by atoms with van der Waals surface area (Å²) in [5.74, 6) is 2.70. The molecule has 0 spiro atoms. The summed E-state index contributed by atoms with van der Waals surface area (Å²) in [5.41, 5.74) is 5.47. The monoisotopic (exact) mass is 370 g/mol. The van der Waals surface area contributed by atoms with Crippen LogP contribution in [0.25, 0.3) is 33.6 Å². The molecule has 142 valence electrons. The molecule has 0 atom stereocenters. The summed E-state index contributed by atoms with van der Waals surface area (Å²) >= 11 is 0. The molecule has 0 unspecified atom stereocenters. The van der Waals surface area contributed by atoms with Gasteiger partial charge in [-0.1, -0.05) is 81.4 Å². The highest BCUT2D eigenvalue weighted by Gasteiger charge is 2.29. The number of fused-ring (bicyclic) bond motifs is 1. The van der Waals surface area contributed by atoms with Crippen molar-refractivity contribution in [2.45, 2.75) is 33.1 Å². The highest BCUT2D eigenvalue weighted by molar-refractivity contribution is 5.98. The van der Waals surface area contributed by atoms with Crippen LogP contribution in [0.15, 0.2) is 77.2 Å². The summed E-state index contributed by atoms with van der Waals surface area (Å²) in [5, 5.41) is 0. The van der Waals surface area contributed by atoms with E-state index in [-0.39, 0.29) is 5.41 Å². The first-order valence-corrected chi connectivity index (χ1v) is 9.83. The van der Waals surface area contributed by atoms with Crippen LogP contribution in [-0.2, 0) is 5.41 Å². The molecule has 1 aliphatic carbocycles. The molecule has 4 rings (SSSR count). The minimum Gasteiger partial charge on any atom is -0.493 e. The summed E-state index contributed by atoms with van der Waals surface area (Å²) in [6.07, 6.45) is 0. The molecule has 0 radical (unpaired) electrons. The van der Waals surface area contributed by atoms with E-state index in [2.05, 4.69) is 81.4 Å². The summed E-state index contributed by atoms with van der Waals surface area (Å²) in [6.45, 7) is 9.13. The fourth-order valence-electron chi connectivity index (χ4n) is 3.54. The Labute approximate surface area is 167 Å². The van der Waals surface area contributed by atoms with Crippen molar-refractivity contribution in [2.24, 2.45) is 0 Å². The summed E-state index contributed by atoms with van der Waals surface area (Å²) in [7, 11) is 0. The van der Waals surface area contributed by atoms with Gasteiger partial charge in [-0.25, -0.2) is 0 Å². The third-order valence-electron chi connectivity index (χ3n) is 4.96. The van der Waals surface area contributed by atoms with E-state index in [0.29, 0.717) is 6.61 Å². The van der Waals surface area contributed by atoms with Gasteiger partial charge in [-0.2, -0.15) is 0 Å². The second-order valence-electron chi connectivity index (χ2n) is 8.07. The first-order chi connectivity index (χ1) is 13.5. The molecule has 2 nitrogen and oxygen atoms in total. The lowest BCUT2D eigenvalue weighted by atomic mass is 9.91. The van der Waals surface area contributed by atoms with Crippen LogP contribution < -0.4 is 4.74 Å². The molecule has 1 aliphatic heterocycles. The Kier molecular flexibility index (Phi) is 4.72. The quantitative estimate of drug-likeness (QED) is 0.373. The molecule has 0 saturated heterocycles. The fourth-order valence-corrected chi connectivity index (χ4v) is 3.54. The second-order valence-corrected chi connectivity index (χ2v) is 8.07. The van der Waals surface area contributed by atoms with Crippen molar-refractivity contribution in [3.05, 3.63) is 78.6 Å². The van der Waals surface area contributed by atoms with E-state index >= 15 is 0 Å². The lowest BCUT2D eigenvalue weighted by Crippen LogP contribution is -2.12. The first-order valence-electron chi connectivity index (χ1n) is 9.83. The van der Waals surface area contributed by atoms with E-state index in [1.807, 2.05) is 19.1 Å². The van der Waals surface area contributed by atoms with Crippen LogP contribution in [-0.4, -0.2) is 6.61 Å². The van der Waals surface area contributed by atoms with Crippen molar-refractivity contribution in [3.63, 3.8) is 0 Å². The van der Waals surface area contributed by atoms with Crippen LogP contribution in [0.5, 0.6) is 5.75 Å². The van der Waals surface area contributed by atoms with Crippen LogP contribution in [0.1, 0.15) is 33.5 Å². The predicted molar refractivity (Wildman–Crippen MR) is 116 cm³/mol. The number of benzene rings is 2. The van der Waals surface area contributed by atoms with Gasteiger partial charge >= 0.3 is 0 Å². The lowest BCUT2D eigenvalue weighted by Gasteiger charge is -2.22. The van der Waals surface area contributed by atoms with Gasteiger partial charge in [0.1, 0.15) is 17.3 Å². The van der Waals surface area contributed by atoms with Crippen molar-refractivity contribution in [3.8, 4) is 39.3 Å². The standard InChI is InChI=1S/C26H26O2/c1-5-27-22-17-23(26(2,3)4)28-25-21(19-14-10-7-11-15-19)16-20(24(22)25)18-12-8-6-9-13-18/h6-17H,5H2,1-4H3. The Balaban J connectivity index is 2.06. The minimum atomic E-state index is -0.113. The van der Waals surface area contributed by atoms with Crippen molar-refractivity contribution in [1.29, 1.82) is 0 Å². The van der Waals surface area contributed by atoms with E-state index in [9.17, 15) is 0 Å². The number of ether oxygens (including phenoxy) is 1. The zero-order chi connectivity index (χ0) is 19.7. The first kappa shape index (κ1) is 18.4. The average Bonchev–Trinajstić information content (AvgIpc) is 3.09. The molecule has 0 N–H and O–H groups in total. The number of hydrogen-bond donors (Lipinski definition) is 0. The smallest absolute Gasteiger partial charge is 0.146 e. The van der Waals surface area contributed by atoms with Gasteiger partial charge in [0.05, 0.1) is 12.2 Å². The third kappa shape index (κ3) is 3.31. The van der Waals surface area contributed by atoms with Gasteiger partial charge in [0, 0.05) is 17.0 Å². The van der Waals surface area contributed by atoms with Crippen LogP contribution in [0.4, 0.5) is 0 Å². The van der Waals surface area contributed by atoms with Gasteiger partial charge in [0.25, 0.3) is 0 Å². The fraction of sp³-hybridized carbons (Fsp3) is 0.231. The Hall–Kier alpha value is -3.00. The maximum atomic E-state index is 6.52. The molecule has 0 fully saturated rings. The molecular formula is C26H26O2. The van der Waals surface area contributed by atoms with Gasteiger partial charge in [0.15, 0.2) is 0 Å². The molecule has 2 heteroatoms. The van der Waals surface area contributed by atoms with E-state index < -0.39 is 0 Å². The maximum Gasteiger partial charge on any atom is 0.146 e. The molecule has 0 aromatic heterocycles. The van der Waals surface area contributed by atoms with Crippen molar-refractivity contribution in [1.82, 2.24) is 0 Å². The molecule has 2 aromatic carbocycles. The molecule has 0 saturated carbocycles.